The molecular formula is C17H25ClN2O3. The van der Waals surface area contributed by atoms with Gasteiger partial charge in [0.1, 0.15) is 5.75 Å². The Bertz CT molecular complexity index is 512. The third-order valence-corrected chi connectivity index (χ3v) is 4.37. The fourth-order valence-electron chi connectivity index (χ4n) is 2.68. The quantitative estimate of drug-likeness (QED) is 0.788. The Kier molecular flexibility index (Phi) is 7.15. The predicted molar refractivity (Wildman–Crippen MR) is 91.0 cm³/mol. The van der Waals surface area contributed by atoms with Crippen LogP contribution in [-0.4, -0.2) is 56.8 Å². The normalized spacial score (nSPS) is 19.5. The van der Waals surface area contributed by atoms with Gasteiger partial charge in [0.2, 0.25) is 0 Å². The van der Waals surface area contributed by atoms with Crippen LogP contribution in [0.4, 0.5) is 0 Å². The van der Waals surface area contributed by atoms with Crippen LogP contribution in [0.3, 0.4) is 0 Å². The van der Waals surface area contributed by atoms with Gasteiger partial charge in [-0.25, -0.2) is 0 Å². The molecule has 6 heteroatoms. The fourth-order valence-corrected chi connectivity index (χ4v) is 2.86. The Morgan fingerprint density at radius 2 is 2.26 bits per heavy atom. The van der Waals surface area contributed by atoms with E-state index >= 15 is 0 Å². The van der Waals surface area contributed by atoms with E-state index in [9.17, 15) is 4.79 Å². The number of rotatable bonds is 8. The van der Waals surface area contributed by atoms with Gasteiger partial charge in [-0.15, -0.1) is 0 Å². The number of amides is 1. The summed E-state index contributed by atoms with van der Waals surface area (Å²) in [6.07, 6.45) is 0.532. The second-order valence-electron chi connectivity index (χ2n) is 5.88. The van der Waals surface area contributed by atoms with Crippen LogP contribution in [0.1, 0.15) is 13.3 Å². The number of halogens is 1. The van der Waals surface area contributed by atoms with E-state index in [0.29, 0.717) is 23.2 Å². The first kappa shape index (κ1) is 18.0. The van der Waals surface area contributed by atoms with E-state index in [4.69, 9.17) is 21.1 Å². The Hall–Kier alpha value is -1.30. The molecule has 23 heavy (non-hydrogen) atoms. The zero-order chi connectivity index (χ0) is 16.7. The third-order valence-electron chi connectivity index (χ3n) is 4.06. The maximum atomic E-state index is 12.2. The molecule has 2 atom stereocenters. The molecule has 0 aliphatic carbocycles. The number of nitrogens with zero attached hydrogens (tertiary/aromatic N) is 1. The van der Waals surface area contributed by atoms with Crippen LogP contribution < -0.4 is 10.1 Å². The van der Waals surface area contributed by atoms with E-state index < -0.39 is 6.10 Å². The van der Waals surface area contributed by atoms with Gasteiger partial charge in [-0.05, 0) is 37.9 Å². The van der Waals surface area contributed by atoms with Crippen molar-refractivity contribution in [3.8, 4) is 5.75 Å². The van der Waals surface area contributed by atoms with Gasteiger partial charge in [0.25, 0.3) is 5.91 Å². The topological polar surface area (TPSA) is 50.8 Å². The highest BCUT2D eigenvalue weighted by atomic mass is 35.5. The third kappa shape index (κ3) is 5.68. The Morgan fingerprint density at radius 3 is 3.00 bits per heavy atom. The van der Waals surface area contributed by atoms with Crippen molar-refractivity contribution in [2.45, 2.75) is 19.4 Å². The van der Waals surface area contributed by atoms with E-state index in [1.165, 1.54) is 0 Å². The number of hydrogen-bond acceptors (Lipinski definition) is 4. The maximum absolute atomic E-state index is 12.2. The molecule has 1 aromatic rings. The molecule has 0 unspecified atom stereocenters. The van der Waals surface area contributed by atoms with Crippen LogP contribution in [0.25, 0.3) is 0 Å². The summed E-state index contributed by atoms with van der Waals surface area (Å²) in [4.78, 5) is 14.5. The molecule has 1 aromatic carbocycles. The lowest BCUT2D eigenvalue weighted by Crippen LogP contribution is -2.39. The van der Waals surface area contributed by atoms with Gasteiger partial charge < -0.3 is 19.7 Å². The number of carbonyl (C=O) groups is 1. The van der Waals surface area contributed by atoms with E-state index in [1.54, 1.807) is 26.2 Å². The molecule has 5 nitrogen and oxygen atoms in total. The number of para-hydroxylation sites is 1. The smallest absolute Gasteiger partial charge is 0.260 e. The van der Waals surface area contributed by atoms with Crippen molar-refractivity contribution >= 4 is 17.5 Å². The van der Waals surface area contributed by atoms with E-state index in [-0.39, 0.29) is 5.91 Å². The van der Waals surface area contributed by atoms with Crippen molar-refractivity contribution in [1.82, 2.24) is 10.2 Å². The molecule has 1 aliphatic heterocycles. The molecule has 1 saturated heterocycles. The summed E-state index contributed by atoms with van der Waals surface area (Å²) < 4.78 is 10.7. The van der Waals surface area contributed by atoms with Crippen molar-refractivity contribution in [1.29, 1.82) is 0 Å². The molecule has 1 aliphatic rings. The average Bonchev–Trinajstić information content (AvgIpc) is 3.00. The zero-order valence-corrected chi connectivity index (χ0v) is 14.5. The molecule has 0 radical (unpaired) electrons. The molecule has 1 fully saturated rings. The van der Waals surface area contributed by atoms with Crippen LogP contribution in [0.5, 0.6) is 5.75 Å². The van der Waals surface area contributed by atoms with Crippen LogP contribution in [0.15, 0.2) is 24.3 Å². The van der Waals surface area contributed by atoms with Crippen molar-refractivity contribution in [3.05, 3.63) is 29.3 Å². The average molecular weight is 341 g/mol. The van der Waals surface area contributed by atoms with Gasteiger partial charge in [0.15, 0.2) is 6.10 Å². The fraction of sp³-hybridized carbons (Fsp3) is 0.588. The molecule has 1 amide bonds. The minimum absolute atomic E-state index is 0.111. The Labute approximate surface area is 142 Å². The minimum atomic E-state index is -0.569. The number of hydrogen-bond donors (Lipinski definition) is 1. The molecule has 1 heterocycles. The maximum Gasteiger partial charge on any atom is 0.260 e. The van der Waals surface area contributed by atoms with Crippen molar-refractivity contribution in [3.63, 3.8) is 0 Å². The van der Waals surface area contributed by atoms with E-state index in [1.807, 2.05) is 12.1 Å². The minimum Gasteiger partial charge on any atom is -0.479 e. The van der Waals surface area contributed by atoms with Crippen molar-refractivity contribution in [2.75, 3.05) is 39.9 Å². The summed E-state index contributed by atoms with van der Waals surface area (Å²) in [7, 11) is 1.72. The summed E-state index contributed by atoms with van der Waals surface area (Å²) in [5.74, 6) is 0.909. The molecular weight excluding hydrogens is 316 g/mol. The zero-order valence-electron chi connectivity index (χ0n) is 13.8. The molecule has 128 valence electrons. The SMILES string of the molecule is COCCN1CC[C@@H](CNC(=O)[C@H](C)Oc2ccccc2Cl)C1. The van der Waals surface area contributed by atoms with Crippen LogP contribution in [0.2, 0.25) is 5.02 Å². The van der Waals surface area contributed by atoms with Gasteiger partial charge in [-0.2, -0.15) is 0 Å². The summed E-state index contributed by atoms with van der Waals surface area (Å²) in [5, 5.41) is 3.49. The van der Waals surface area contributed by atoms with Gasteiger partial charge >= 0.3 is 0 Å². The molecule has 1 N–H and O–H groups in total. The Morgan fingerprint density at radius 1 is 1.48 bits per heavy atom. The lowest BCUT2D eigenvalue weighted by molar-refractivity contribution is -0.127. The lowest BCUT2D eigenvalue weighted by Gasteiger charge is -2.18. The standard InChI is InChI=1S/C17H25ClN2O3/c1-13(23-16-6-4-3-5-15(16)18)17(21)19-11-14-7-8-20(12-14)9-10-22-2/h3-6,13-14H,7-12H2,1-2H3,(H,19,21)/t13-,14-/m0/s1. The highest BCUT2D eigenvalue weighted by molar-refractivity contribution is 6.32. The Balaban J connectivity index is 1.71. The van der Waals surface area contributed by atoms with Crippen molar-refractivity contribution < 1.29 is 14.3 Å². The van der Waals surface area contributed by atoms with Crippen LogP contribution in [-0.2, 0) is 9.53 Å². The number of ether oxygens (including phenoxy) is 2. The summed E-state index contributed by atoms with van der Waals surface area (Å²) in [5.41, 5.74) is 0. The number of benzene rings is 1. The largest absolute Gasteiger partial charge is 0.479 e. The van der Waals surface area contributed by atoms with Gasteiger partial charge in [0, 0.05) is 26.7 Å². The highest BCUT2D eigenvalue weighted by Gasteiger charge is 2.23. The van der Waals surface area contributed by atoms with Crippen molar-refractivity contribution in [2.24, 2.45) is 5.92 Å². The monoisotopic (exact) mass is 340 g/mol. The second-order valence-corrected chi connectivity index (χ2v) is 6.29. The van der Waals surface area contributed by atoms with Gasteiger partial charge in [-0.3, -0.25) is 4.79 Å². The second kappa shape index (κ2) is 9.11. The molecule has 0 saturated carbocycles. The van der Waals surface area contributed by atoms with Gasteiger partial charge in [-0.1, -0.05) is 23.7 Å². The summed E-state index contributed by atoms with van der Waals surface area (Å²) in [6, 6.07) is 7.17. The lowest BCUT2D eigenvalue weighted by atomic mass is 10.1. The number of carbonyl (C=O) groups excluding carboxylic acids is 1. The first-order chi connectivity index (χ1) is 11.1. The molecule has 0 bridgehead atoms. The molecule has 2 rings (SSSR count). The number of likely N-dealkylation sites (tertiary alicyclic amines) is 1. The van der Waals surface area contributed by atoms with E-state index in [2.05, 4.69) is 10.2 Å². The van der Waals surface area contributed by atoms with Gasteiger partial charge in [0.05, 0.1) is 11.6 Å². The molecule has 0 spiro atoms. The first-order valence-electron chi connectivity index (χ1n) is 8.00. The van der Waals surface area contributed by atoms with Crippen LogP contribution in [0, 0.1) is 5.92 Å². The first-order valence-corrected chi connectivity index (χ1v) is 8.38. The highest BCUT2D eigenvalue weighted by Crippen LogP contribution is 2.24. The summed E-state index contributed by atoms with van der Waals surface area (Å²) >= 11 is 6.04. The summed E-state index contributed by atoms with van der Waals surface area (Å²) in [6.45, 7) is 6.18. The predicted octanol–water partition coefficient (Wildman–Crippen LogP) is 2.19. The number of nitrogens with one attached hydrogen (secondary N) is 1. The number of methoxy groups -OCH3 is 1. The van der Waals surface area contributed by atoms with E-state index in [0.717, 1.165) is 32.7 Å². The molecule has 0 aromatic heterocycles. The van der Waals surface area contributed by atoms with Crippen LogP contribution >= 0.6 is 11.6 Å².